The highest BCUT2D eigenvalue weighted by Gasteiger charge is 2.31. The van der Waals surface area contributed by atoms with Crippen LogP contribution in [0.2, 0.25) is 0 Å². The number of nitrogens with zero attached hydrogens (tertiary/aromatic N) is 3. The molecule has 1 aromatic heterocycles. The number of benzene rings is 2. The molecule has 9 heteroatoms. The molecule has 0 aliphatic carbocycles. The van der Waals surface area contributed by atoms with Crippen LogP contribution in [0.3, 0.4) is 0 Å². The molecule has 0 bridgehead atoms. The Morgan fingerprint density at radius 1 is 0.969 bits per heavy atom. The molecule has 4 rings (SSSR count). The van der Waals surface area contributed by atoms with Crippen LogP contribution in [0.5, 0.6) is 0 Å². The van der Waals surface area contributed by atoms with E-state index in [0.717, 1.165) is 32.2 Å². The first kappa shape index (κ1) is 22.3. The molecule has 3 aromatic rings. The number of rotatable bonds is 7. The predicted molar refractivity (Wildman–Crippen MR) is 114 cm³/mol. The molecular weight excluding hydrogens is 424 g/mol. The number of aromatic nitrogens is 1. The second-order valence-corrected chi connectivity index (χ2v) is 7.71. The van der Waals surface area contributed by atoms with Crippen LogP contribution >= 0.6 is 0 Å². The van der Waals surface area contributed by atoms with Crippen LogP contribution in [0.25, 0.3) is 11.3 Å². The number of hydrogen-bond donors (Lipinski definition) is 1. The normalized spacial score (nSPS) is 15.3. The lowest BCUT2D eigenvalue weighted by Gasteiger charge is -2.36. The van der Waals surface area contributed by atoms with Gasteiger partial charge in [0.1, 0.15) is 11.5 Å². The van der Waals surface area contributed by atoms with Gasteiger partial charge in [0.05, 0.1) is 12.1 Å². The van der Waals surface area contributed by atoms with Crippen molar-refractivity contribution in [3.63, 3.8) is 0 Å². The Hall–Kier alpha value is -2.91. The van der Waals surface area contributed by atoms with Gasteiger partial charge in [0.2, 0.25) is 0 Å². The van der Waals surface area contributed by atoms with Crippen molar-refractivity contribution in [2.45, 2.75) is 12.7 Å². The van der Waals surface area contributed by atoms with Gasteiger partial charge in [-0.05, 0) is 30.3 Å². The van der Waals surface area contributed by atoms with E-state index in [-0.39, 0.29) is 5.82 Å². The van der Waals surface area contributed by atoms with Crippen molar-refractivity contribution in [2.75, 3.05) is 44.2 Å². The summed E-state index contributed by atoms with van der Waals surface area (Å²) in [5.41, 5.74) is 0.854. The zero-order valence-electron chi connectivity index (χ0n) is 17.4. The number of halogens is 4. The quantitative estimate of drug-likeness (QED) is 0.429. The first-order chi connectivity index (χ1) is 15.4. The summed E-state index contributed by atoms with van der Waals surface area (Å²) in [6.07, 6.45) is -4.33. The Kier molecular flexibility index (Phi) is 6.76. The maximum atomic E-state index is 13.8. The summed E-state index contributed by atoms with van der Waals surface area (Å²) in [6.45, 7) is 4.91. The van der Waals surface area contributed by atoms with E-state index in [9.17, 15) is 17.6 Å². The number of alkyl halides is 3. The van der Waals surface area contributed by atoms with Crippen LogP contribution < -0.4 is 10.2 Å². The van der Waals surface area contributed by atoms with Gasteiger partial charge in [0, 0.05) is 56.6 Å². The van der Waals surface area contributed by atoms with Crippen LogP contribution in [0.4, 0.5) is 23.2 Å². The summed E-state index contributed by atoms with van der Waals surface area (Å²) >= 11 is 0. The number of nitrogens with one attached hydrogen (secondary N) is 1. The van der Waals surface area contributed by atoms with Crippen molar-refractivity contribution in [3.8, 4) is 11.3 Å². The van der Waals surface area contributed by atoms with Crippen molar-refractivity contribution in [2.24, 2.45) is 0 Å². The molecule has 170 valence electrons. The highest BCUT2D eigenvalue weighted by Crippen LogP contribution is 2.31. The third-order valence-corrected chi connectivity index (χ3v) is 5.52. The lowest BCUT2D eigenvalue weighted by molar-refractivity contribution is -0.137. The maximum absolute atomic E-state index is 13.8. The Labute approximate surface area is 183 Å². The summed E-state index contributed by atoms with van der Waals surface area (Å²) < 4.78 is 57.9. The smallest absolute Gasteiger partial charge is 0.369 e. The van der Waals surface area contributed by atoms with E-state index < -0.39 is 11.7 Å². The second-order valence-electron chi connectivity index (χ2n) is 7.71. The van der Waals surface area contributed by atoms with Gasteiger partial charge >= 0.3 is 6.18 Å². The van der Waals surface area contributed by atoms with E-state index >= 15 is 0 Å². The van der Waals surface area contributed by atoms with Crippen molar-refractivity contribution < 1.29 is 22.1 Å². The first-order valence-electron chi connectivity index (χ1n) is 10.5. The van der Waals surface area contributed by atoms with E-state index in [1.807, 2.05) is 4.90 Å². The molecule has 1 N–H and O–H groups in total. The Morgan fingerprint density at radius 3 is 2.50 bits per heavy atom. The van der Waals surface area contributed by atoms with Gasteiger partial charge < -0.3 is 14.7 Å². The summed E-state index contributed by atoms with van der Waals surface area (Å²) in [6, 6.07) is 13.6. The summed E-state index contributed by atoms with van der Waals surface area (Å²) in [4.78, 5) is 4.25. The lowest BCUT2D eigenvalue weighted by atomic mass is 10.1. The molecule has 5 nitrogen and oxygen atoms in total. The molecule has 0 amide bonds. The molecule has 0 unspecified atom stereocenters. The topological polar surface area (TPSA) is 44.5 Å². The summed E-state index contributed by atoms with van der Waals surface area (Å²) in [5.74, 6) is 0.280. The second kappa shape index (κ2) is 9.70. The number of anilines is 1. The molecule has 2 heterocycles. The van der Waals surface area contributed by atoms with E-state index in [1.165, 1.54) is 18.2 Å². The van der Waals surface area contributed by atoms with Gasteiger partial charge in [-0.1, -0.05) is 23.4 Å². The average molecular weight is 448 g/mol. The zero-order valence-corrected chi connectivity index (χ0v) is 17.4. The SMILES string of the molecule is Fc1ccccc1-c1cc(CNCCN2CCN(c3cccc(C(F)(F)F)c3)CC2)on1. The van der Waals surface area contributed by atoms with Gasteiger partial charge in [-0.15, -0.1) is 0 Å². The summed E-state index contributed by atoms with van der Waals surface area (Å²) in [7, 11) is 0. The van der Waals surface area contributed by atoms with Crippen LogP contribution in [0.1, 0.15) is 11.3 Å². The third kappa shape index (κ3) is 5.46. The molecule has 0 radical (unpaired) electrons. The molecule has 0 atom stereocenters. The minimum atomic E-state index is -4.33. The van der Waals surface area contributed by atoms with Gasteiger partial charge in [-0.2, -0.15) is 13.2 Å². The van der Waals surface area contributed by atoms with Gasteiger partial charge in [-0.3, -0.25) is 4.90 Å². The highest BCUT2D eigenvalue weighted by atomic mass is 19.4. The maximum Gasteiger partial charge on any atom is 0.416 e. The highest BCUT2D eigenvalue weighted by molar-refractivity contribution is 5.59. The van der Waals surface area contributed by atoms with Crippen molar-refractivity contribution in [3.05, 3.63) is 71.7 Å². The van der Waals surface area contributed by atoms with Crippen molar-refractivity contribution in [1.82, 2.24) is 15.4 Å². The van der Waals surface area contributed by atoms with E-state index in [2.05, 4.69) is 15.4 Å². The predicted octanol–water partition coefficient (Wildman–Crippen LogP) is 4.41. The molecule has 1 aliphatic heterocycles. The zero-order chi connectivity index (χ0) is 22.6. The Balaban J connectivity index is 1.20. The van der Waals surface area contributed by atoms with Crippen molar-refractivity contribution >= 4 is 5.69 Å². The van der Waals surface area contributed by atoms with Gasteiger partial charge in [-0.25, -0.2) is 4.39 Å². The molecule has 1 aliphatic rings. The van der Waals surface area contributed by atoms with Gasteiger partial charge in [0.25, 0.3) is 0 Å². The molecule has 0 spiro atoms. The largest absolute Gasteiger partial charge is 0.416 e. The lowest BCUT2D eigenvalue weighted by Crippen LogP contribution is -2.48. The molecule has 1 fully saturated rings. The average Bonchev–Trinajstić information content (AvgIpc) is 3.26. The fraction of sp³-hybridized carbons (Fsp3) is 0.348. The Bertz CT molecular complexity index is 1030. The van der Waals surface area contributed by atoms with E-state index in [1.54, 1.807) is 30.3 Å². The van der Waals surface area contributed by atoms with Crippen LogP contribution in [0, 0.1) is 5.82 Å². The summed E-state index contributed by atoms with van der Waals surface area (Å²) in [5, 5.41) is 7.22. The number of hydrogen-bond acceptors (Lipinski definition) is 5. The van der Waals surface area contributed by atoms with E-state index in [0.29, 0.717) is 42.3 Å². The minimum Gasteiger partial charge on any atom is -0.369 e. The minimum absolute atomic E-state index is 0.343. The Morgan fingerprint density at radius 2 is 1.75 bits per heavy atom. The standard InChI is InChI=1S/C23H24F4N4O/c24-21-7-2-1-6-20(21)22-15-19(32-29-22)16-28-8-9-30-10-12-31(13-11-30)18-5-3-4-17(14-18)23(25,26)27/h1-7,14-15,28H,8-13,16H2. The number of piperazine rings is 1. The molecular formula is C23H24F4N4O. The van der Waals surface area contributed by atoms with Crippen LogP contribution in [-0.4, -0.2) is 49.3 Å². The first-order valence-corrected chi connectivity index (χ1v) is 10.5. The van der Waals surface area contributed by atoms with Crippen LogP contribution in [0.15, 0.2) is 59.1 Å². The third-order valence-electron chi connectivity index (χ3n) is 5.52. The molecule has 32 heavy (non-hydrogen) atoms. The molecule has 1 saturated heterocycles. The van der Waals surface area contributed by atoms with Gasteiger partial charge in [0.15, 0.2) is 5.76 Å². The van der Waals surface area contributed by atoms with Crippen molar-refractivity contribution in [1.29, 1.82) is 0 Å². The monoisotopic (exact) mass is 448 g/mol. The fourth-order valence-electron chi connectivity index (χ4n) is 3.75. The molecule has 2 aromatic carbocycles. The fourth-order valence-corrected chi connectivity index (χ4v) is 3.75. The van der Waals surface area contributed by atoms with Crippen LogP contribution in [-0.2, 0) is 12.7 Å². The molecule has 0 saturated carbocycles. The van der Waals surface area contributed by atoms with E-state index in [4.69, 9.17) is 4.52 Å².